The Kier molecular flexibility index (Phi) is 5.34. The molecule has 0 unspecified atom stereocenters. The molecule has 0 fully saturated rings. The molecule has 0 aliphatic heterocycles. The molecule has 0 saturated heterocycles. The lowest BCUT2D eigenvalue weighted by Crippen LogP contribution is -2.08. The predicted molar refractivity (Wildman–Crippen MR) is 48.4 cm³/mol. The zero-order valence-corrected chi connectivity index (χ0v) is 8.16. The van der Waals surface area contributed by atoms with Gasteiger partial charge in [-0.25, -0.2) is 13.3 Å². The predicted octanol–water partition coefficient (Wildman–Crippen LogP) is 0.322. The highest BCUT2D eigenvalue weighted by atomic mass is 31.2. The van der Waals surface area contributed by atoms with Gasteiger partial charge in [0.2, 0.25) is 0 Å². The van der Waals surface area contributed by atoms with E-state index in [1.807, 2.05) is 5.43 Å². The van der Waals surface area contributed by atoms with Crippen LogP contribution < -0.4 is 11.3 Å². The Balaban J connectivity index is 0.000000336. The number of benzene rings is 1. The molecule has 6 nitrogen and oxygen atoms in total. The average Bonchev–Trinajstić information content (AvgIpc) is 2.06. The third-order valence-electron chi connectivity index (χ3n) is 1.08. The Bertz CT molecular complexity index is 362. The van der Waals surface area contributed by atoms with E-state index in [4.69, 9.17) is 25.1 Å². The maximum absolute atomic E-state index is 12.5. The van der Waals surface area contributed by atoms with Crippen LogP contribution in [0.5, 0.6) is 0 Å². The zero-order valence-electron chi connectivity index (χ0n) is 7.26. The molecule has 15 heavy (non-hydrogen) atoms. The summed E-state index contributed by atoms with van der Waals surface area (Å²) < 4.78 is 33.6. The number of phosphoric acid groups is 1. The van der Waals surface area contributed by atoms with Crippen molar-refractivity contribution in [3.63, 3.8) is 0 Å². The lowest BCUT2D eigenvalue weighted by molar-refractivity contribution is 0.275. The second kappa shape index (κ2) is 5.74. The van der Waals surface area contributed by atoms with E-state index < -0.39 is 19.5 Å². The Labute approximate surface area is 83.6 Å². The third kappa shape index (κ3) is 7.98. The number of nitrogens with one attached hydrogen (secondary N) is 1. The molecule has 0 amide bonds. The largest absolute Gasteiger partial charge is 0.466 e. The second-order valence-corrected chi connectivity index (χ2v) is 3.31. The summed E-state index contributed by atoms with van der Waals surface area (Å²) in [5.74, 6) is 3.78. The maximum atomic E-state index is 12.5. The van der Waals surface area contributed by atoms with Crippen LogP contribution in [0.2, 0.25) is 0 Å². The summed E-state index contributed by atoms with van der Waals surface area (Å²) in [6.07, 6.45) is 0. The lowest BCUT2D eigenvalue weighted by Gasteiger charge is -1.99. The van der Waals surface area contributed by atoms with E-state index in [0.717, 1.165) is 18.2 Å². The van der Waals surface area contributed by atoms with Crippen LogP contribution in [0.3, 0.4) is 0 Å². The molecule has 6 N–H and O–H groups in total. The molecule has 86 valence electrons. The van der Waals surface area contributed by atoms with Crippen molar-refractivity contribution in [2.24, 2.45) is 5.84 Å². The van der Waals surface area contributed by atoms with E-state index in [2.05, 4.69) is 0 Å². The first-order valence-corrected chi connectivity index (χ1v) is 5.00. The van der Waals surface area contributed by atoms with Crippen LogP contribution >= 0.6 is 7.82 Å². The van der Waals surface area contributed by atoms with Gasteiger partial charge >= 0.3 is 7.82 Å². The molecule has 1 rings (SSSR count). The molecule has 0 saturated carbocycles. The van der Waals surface area contributed by atoms with E-state index in [-0.39, 0.29) is 5.69 Å². The standard InChI is InChI=1S/C6H6F2N2.H3O4P/c7-4-1-2-5(8)6(3-4)10-9;1-5(2,3)4/h1-3,10H,9H2;(H3,1,2,3,4). The normalized spacial score (nSPS) is 10.3. The Morgan fingerprint density at radius 1 is 1.27 bits per heavy atom. The molecular weight excluding hydrogens is 233 g/mol. The van der Waals surface area contributed by atoms with Crippen LogP contribution in [-0.4, -0.2) is 14.7 Å². The minimum absolute atomic E-state index is 0.0417. The summed E-state index contributed by atoms with van der Waals surface area (Å²) in [7, 11) is -4.64. The third-order valence-corrected chi connectivity index (χ3v) is 1.08. The molecule has 0 heterocycles. The van der Waals surface area contributed by atoms with Crippen molar-refractivity contribution in [2.75, 3.05) is 5.43 Å². The number of hydrazine groups is 1. The SMILES string of the molecule is NNc1cc(F)ccc1F.O=P(O)(O)O. The number of rotatable bonds is 1. The monoisotopic (exact) mass is 242 g/mol. The fraction of sp³-hybridized carbons (Fsp3) is 0. The van der Waals surface area contributed by atoms with Crippen molar-refractivity contribution in [1.82, 2.24) is 0 Å². The van der Waals surface area contributed by atoms with Crippen LogP contribution in [-0.2, 0) is 4.57 Å². The smallest absolute Gasteiger partial charge is 0.321 e. The topological polar surface area (TPSA) is 116 Å². The van der Waals surface area contributed by atoms with Gasteiger partial charge in [0, 0.05) is 6.07 Å². The van der Waals surface area contributed by atoms with Crippen LogP contribution in [0.25, 0.3) is 0 Å². The second-order valence-electron chi connectivity index (χ2n) is 2.28. The van der Waals surface area contributed by atoms with Gasteiger partial charge < -0.3 is 20.1 Å². The summed E-state index contributed by atoms with van der Waals surface area (Å²) in [5.41, 5.74) is 1.98. The number of halogens is 2. The zero-order chi connectivity index (χ0) is 12.1. The fourth-order valence-electron chi connectivity index (χ4n) is 0.608. The first kappa shape index (κ1) is 13.9. The minimum atomic E-state index is -4.64. The van der Waals surface area contributed by atoms with E-state index in [0.29, 0.717) is 0 Å². The quantitative estimate of drug-likeness (QED) is 0.275. The summed E-state index contributed by atoms with van der Waals surface area (Å²) in [5, 5.41) is 0. The highest BCUT2D eigenvalue weighted by Gasteiger charge is 2.00. The molecule has 0 bridgehead atoms. The first-order chi connectivity index (χ1) is 6.74. The Morgan fingerprint density at radius 3 is 2.07 bits per heavy atom. The molecule has 0 radical (unpaired) electrons. The molecule has 1 aromatic carbocycles. The van der Waals surface area contributed by atoms with Gasteiger partial charge in [0.05, 0.1) is 5.69 Å². The van der Waals surface area contributed by atoms with Gasteiger partial charge in [-0.3, -0.25) is 5.84 Å². The summed E-state index contributed by atoms with van der Waals surface area (Å²) in [6.45, 7) is 0. The molecule has 0 aliphatic rings. The molecule has 0 atom stereocenters. The van der Waals surface area contributed by atoms with Crippen molar-refractivity contribution >= 4 is 13.5 Å². The van der Waals surface area contributed by atoms with Crippen molar-refractivity contribution in [3.05, 3.63) is 29.8 Å². The highest BCUT2D eigenvalue weighted by Crippen LogP contribution is 2.25. The van der Waals surface area contributed by atoms with Gasteiger partial charge in [0.15, 0.2) is 0 Å². The van der Waals surface area contributed by atoms with Gasteiger partial charge in [-0.2, -0.15) is 0 Å². The van der Waals surface area contributed by atoms with Gasteiger partial charge in [-0.05, 0) is 12.1 Å². The van der Waals surface area contributed by atoms with Crippen molar-refractivity contribution < 1.29 is 28.0 Å². The molecule has 0 spiro atoms. The number of hydrogen-bond donors (Lipinski definition) is 5. The molecule has 1 aromatic rings. The molecular formula is C6H9F2N2O4P. The van der Waals surface area contributed by atoms with E-state index in [1.54, 1.807) is 0 Å². The molecule has 0 aliphatic carbocycles. The Morgan fingerprint density at radius 2 is 1.73 bits per heavy atom. The van der Waals surface area contributed by atoms with Gasteiger partial charge in [-0.1, -0.05) is 0 Å². The van der Waals surface area contributed by atoms with Crippen molar-refractivity contribution in [2.45, 2.75) is 0 Å². The van der Waals surface area contributed by atoms with Gasteiger partial charge in [0.1, 0.15) is 11.6 Å². The minimum Gasteiger partial charge on any atom is -0.321 e. The van der Waals surface area contributed by atoms with Crippen molar-refractivity contribution in [3.8, 4) is 0 Å². The number of anilines is 1. The number of hydrogen-bond acceptors (Lipinski definition) is 3. The Hall–Kier alpha value is -1.05. The summed E-state index contributed by atoms with van der Waals surface area (Å²) in [6, 6.07) is 3.01. The van der Waals surface area contributed by atoms with Gasteiger partial charge in [0.25, 0.3) is 0 Å². The first-order valence-electron chi connectivity index (χ1n) is 3.44. The van der Waals surface area contributed by atoms with Crippen LogP contribution in [0.4, 0.5) is 14.5 Å². The van der Waals surface area contributed by atoms with Crippen LogP contribution in [0, 0.1) is 11.6 Å². The van der Waals surface area contributed by atoms with E-state index in [9.17, 15) is 8.78 Å². The average molecular weight is 242 g/mol. The van der Waals surface area contributed by atoms with Crippen LogP contribution in [0.1, 0.15) is 0 Å². The summed E-state index contributed by atoms with van der Waals surface area (Å²) in [4.78, 5) is 21.6. The highest BCUT2D eigenvalue weighted by molar-refractivity contribution is 7.45. The fourth-order valence-corrected chi connectivity index (χ4v) is 0.608. The summed E-state index contributed by atoms with van der Waals surface area (Å²) >= 11 is 0. The van der Waals surface area contributed by atoms with E-state index >= 15 is 0 Å². The lowest BCUT2D eigenvalue weighted by atomic mass is 10.3. The van der Waals surface area contributed by atoms with Gasteiger partial charge in [-0.15, -0.1) is 0 Å². The number of nitrogens with two attached hydrogens (primary N) is 1. The van der Waals surface area contributed by atoms with Crippen LogP contribution in [0.15, 0.2) is 18.2 Å². The molecule has 0 aromatic heterocycles. The maximum Gasteiger partial charge on any atom is 0.466 e. The van der Waals surface area contributed by atoms with Crippen molar-refractivity contribution in [1.29, 1.82) is 0 Å². The van der Waals surface area contributed by atoms with E-state index in [1.165, 1.54) is 0 Å². The number of nitrogen functional groups attached to an aromatic ring is 1. The molecule has 9 heteroatoms.